The van der Waals surface area contributed by atoms with Gasteiger partial charge in [-0.1, -0.05) is 36.4 Å². The quantitative estimate of drug-likeness (QED) is 0.366. The van der Waals surface area contributed by atoms with Gasteiger partial charge >= 0.3 is 5.97 Å². The zero-order valence-corrected chi connectivity index (χ0v) is 18.6. The van der Waals surface area contributed by atoms with Gasteiger partial charge in [-0.3, -0.25) is 14.9 Å². The Morgan fingerprint density at radius 3 is 2.41 bits per heavy atom. The van der Waals surface area contributed by atoms with E-state index in [1.807, 2.05) is 12.1 Å². The molecule has 1 saturated carbocycles. The van der Waals surface area contributed by atoms with Crippen LogP contribution >= 0.6 is 0 Å². The first-order valence-corrected chi connectivity index (χ1v) is 11.5. The molecular formula is C27H25FN4O2. The Balaban J connectivity index is 1.25. The summed E-state index contributed by atoms with van der Waals surface area (Å²) >= 11 is 0. The lowest BCUT2D eigenvalue weighted by molar-refractivity contribution is -0.138. The van der Waals surface area contributed by atoms with Gasteiger partial charge in [0.05, 0.1) is 5.69 Å². The smallest absolute Gasteiger partial charge is 0.303 e. The molecular weight excluding hydrogens is 431 g/mol. The van der Waals surface area contributed by atoms with Crippen LogP contribution in [0.25, 0.3) is 34.0 Å². The lowest BCUT2D eigenvalue weighted by Gasteiger charge is -2.28. The van der Waals surface area contributed by atoms with Gasteiger partial charge < -0.3 is 5.11 Å². The van der Waals surface area contributed by atoms with Crippen molar-refractivity contribution in [3.63, 3.8) is 0 Å². The lowest BCUT2D eigenvalue weighted by atomic mass is 9.77. The molecule has 0 amide bonds. The van der Waals surface area contributed by atoms with Gasteiger partial charge in [-0.2, -0.15) is 5.10 Å². The van der Waals surface area contributed by atoms with Crippen molar-refractivity contribution in [2.75, 3.05) is 0 Å². The Hall–Kier alpha value is -3.87. The molecule has 2 aromatic carbocycles. The van der Waals surface area contributed by atoms with Crippen molar-refractivity contribution in [2.45, 2.75) is 38.0 Å². The topological polar surface area (TPSA) is 91.8 Å². The van der Waals surface area contributed by atoms with E-state index in [1.165, 1.54) is 17.7 Å². The van der Waals surface area contributed by atoms with Crippen molar-refractivity contribution < 1.29 is 14.3 Å². The highest BCUT2D eigenvalue weighted by Crippen LogP contribution is 2.37. The van der Waals surface area contributed by atoms with E-state index < -0.39 is 5.97 Å². The van der Waals surface area contributed by atoms with Crippen LogP contribution in [0.4, 0.5) is 4.39 Å². The summed E-state index contributed by atoms with van der Waals surface area (Å²) in [6.07, 6.45) is 6.06. The molecule has 7 heteroatoms. The van der Waals surface area contributed by atoms with Gasteiger partial charge in [0.15, 0.2) is 11.6 Å². The molecule has 172 valence electrons. The number of hydrogen-bond donors (Lipinski definition) is 2. The van der Waals surface area contributed by atoms with Crippen molar-refractivity contribution in [1.29, 1.82) is 0 Å². The van der Waals surface area contributed by atoms with Crippen molar-refractivity contribution in [2.24, 2.45) is 5.92 Å². The molecule has 1 aliphatic carbocycles. The minimum atomic E-state index is -0.693. The monoisotopic (exact) mass is 456 g/mol. The second-order valence-electron chi connectivity index (χ2n) is 8.89. The first-order chi connectivity index (χ1) is 16.5. The van der Waals surface area contributed by atoms with Crippen LogP contribution in [-0.2, 0) is 4.79 Å². The van der Waals surface area contributed by atoms with Gasteiger partial charge in [0.2, 0.25) is 0 Å². The number of rotatable bonds is 6. The maximum absolute atomic E-state index is 13.5. The molecule has 2 N–H and O–H groups in total. The number of carboxylic acids is 1. The first kappa shape index (κ1) is 21.9. The van der Waals surface area contributed by atoms with E-state index in [2.05, 4.69) is 44.4 Å². The minimum Gasteiger partial charge on any atom is -0.481 e. The molecule has 0 saturated heterocycles. The lowest BCUT2D eigenvalue weighted by Crippen LogP contribution is -2.16. The van der Waals surface area contributed by atoms with Crippen LogP contribution in [0.15, 0.2) is 66.9 Å². The van der Waals surface area contributed by atoms with E-state index in [0.717, 1.165) is 42.5 Å². The van der Waals surface area contributed by atoms with E-state index in [1.54, 1.807) is 18.3 Å². The molecule has 34 heavy (non-hydrogen) atoms. The number of aliphatic carboxylic acids is 1. The highest BCUT2D eigenvalue weighted by atomic mass is 19.1. The van der Waals surface area contributed by atoms with Crippen molar-refractivity contribution >= 4 is 5.97 Å². The van der Waals surface area contributed by atoms with Gasteiger partial charge in [0.25, 0.3) is 0 Å². The number of carboxylic acid groups (broad SMARTS) is 1. The summed E-state index contributed by atoms with van der Waals surface area (Å²) in [4.78, 5) is 20.0. The molecule has 0 unspecified atom stereocenters. The summed E-state index contributed by atoms with van der Waals surface area (Å²) in [5.74, 6) is 0.801. The Bertz CT molecular complexity index is 1280. The number of carbonyl (C=O) groups is 1. The summed E-state index contributed by atoms with van der Waals surface area (Å²) in [6, 6.07) is 18.6. The number of aromatic nitrogens is 4. The SMILES string of the molecule is O=C(O)CC1CCC(c2ccc(-c3ccc(-c4n[nH]c(-c5cccc(F)c5)n4)cn3)cc2)CC1. The second kappa shape index (κ2) is 9.55. The molecule has 0 bridgehead atoms. The summed E-state index contributed by atoms with van der Waals surface area (Å²) in [5.41, 5.74) is 4.61. The molecule has 5 rings (SSSR count). The molecule has 0 aliphatic heterocycles. The van der Waals surface area contributed by atoms with Crippen LogP contribution in [0.5, 0.6) is 0 Å². The van der Waals surface area contributed by atoms with Crippen molar-refractivity contribution in [3.05, 3.63) is 78.2 Å². The highest BCUT2D eigenvalue weighted by Gasteiger charge is 2.24. The third-order valence-electron chi connectivity index (χ3n) is 6.59. The number of aromatic amines is 1. The largest absolute Gasteiger partial charge is 0.481 e. The zero-order chi connectivity index (χ0) is 23.5. The van der Waals surface area contributed by atoms with Crippen LogP contribution < -0.4 is 0 Å². The average Bonchev–Trinajstić information content (AvgIpc) is 3.35. The molecule has 0 radical (unpaired) electrons. The number of hydrogen-bond acceptors (Lipinski definition) is 4. The van der Waals surface area contributed by atoms with Gasteiger partial charge in [0.1, 0.15) is 5.82 Å². The Morgan fingerprint density at radius 1 is 0.971 bits per heavy atom. The molecule has 0 atom stereocenters. The molecule has 1 fully saturated rings. The van der Waals surface area contributed by atoms with E-state index in [4.69, 9.17) is 5.11 Å². The van der Waals surface area contributed by atoms with Crippen molar-refractivity contribution in [1.82, 2.24) is 20.2 Å². The predicted molar refractivity (Wildman–Crippen MR) is 127 cm³/mol. The summed E-state index contributed by atoms with van der Waals surface area (Å²) in [6.45, 7) is 0. The number of pyridine rings is 1. The Kier molecular flexibility index (Phi) is 6.16. The molecule has 6 nitrogen and oxygen atoms in total. The average molecular weight is 457 g/mol. The molecule has 2 aromatic heterocycles. The van der Waals surface area contributed by atoms with Gasteiger partial charge in [-0.25, -0.2) is 9.37 Å². The Morgan fingerprint density at radius 2 is 1.74 bits per heavy atom. The van der Waals surface area contributed by atoms with Crippen LogP contribution in [0, 0.1) is 11.7 Å². The van der Waals surface area contributed by atoms with E-state index in [0.29, 0.717) is 29.0 Å². The normalized spacial score (nSPS) is 18.0. The van der Waals surface area contributed by atoms with E-state index >= 15 is 0 Å². The standard InChI is InChI=1S/C27H25FN4O2/c28-23-3-1-2-21(15-23)26-30-27(32-31-26)22-12-13-24(29-16-22)20-10-8-19(9-11-20)18-6-4-17(5-7-18)14-25(33)34/h1-3,8-13,15-18H,4-7,14H2,(H,33,34)(H,30,31,32). The van der Waals surface area contributed by atoms with Crippen LogP contribution in [0.3, 0.4) is 0 Å². The number of H-pyrrole nitrogens is 1. The highest BCUT2D eigenvalue weighted by molar-refractivity contribution is 5.67. The fourth-order valence-electron chi connectivity index (χ4n) is 4.73. The molecule has 0 spiro atoms. The third-order valence-corrected chi connectivity index (χ3v) is 6.59. The van der Waals surface area contributed by atoms with Crippen molar-refractivity contribution in [3.8, 4) is 34.0 Å². The molecule has 1 aliphatic rings. The van der Waals surface area contributed by atoms with E-state index in [9.17, 15) is 9.18 Å². The van der Waals surface area contributed by atoms with Crippen LogP contribution in [0.1, 0.15) is 43.6 Å². The summed E-state index contributed by atoms with van der Waals surface area (Å²) in [5, 5.41) is 16.1. The fraction of sp³-hybridized carbons (Fsp3) is 0.259. The third kappa shape index (κ3) is 4.88. The molecule has 4 aromatic rings. The summed E-state index contributed by atoms with van der Waals surface area (Å²) < 4.78 is 13.5. The number of nitrogens with one attached hydrogen (secondary N) is 1. The zero-order valence-electron chi connectivity index (χ0n) is 18.6. The van der Waals surface area contributed by atoms with E-state index in [-0.39, 0.29) is 12.2 Å². The number of nitrogens with zero attached hydrogens (tertiary/aromatic N) is 3. The van der Waals surface area contributed by atoms with Crippen LogP contribution in [-0.4, -0.2) is 31.2 Å². The van der Waals surface area contributed by atoms with Gasteiger partial charge in [0, 0.05) is 29.3 Å². The number of halogens is 1. The van der Waals surface area contributed by atoms with Gasteiger partial charge in [-0.15, -0.1) is 0 Å². The predicted octanol–water partition coefficient (Wildman–Crippen LogP) is 6.09. The van der Waals surface area contributed by atoms with Gasteiger partial charge in [-0.05, 0) is 67.3 Å². The second-order valence-corrected chi connectivity index (χ2v) is 8.89. The van der Waals surface area contributed by atoms with Crippen LogP contribution in [0.2, 0.25) is 0 Å². The number of benzene rings is 2. The summed E-state index contributed by atoms with van der Waals surface area (Å²) in [7, 11) is 0. The minimum absolute atomic E-state index is 0.285. The maximum atomic E-state index is 13.5. The maximum Gasteiger partial charge on any atom is 0.303 e. The first-order valence-electron chi connectivity index (χ1n) is 11.5. The fourth-order valence-corrected chi connectivity index (χ4v) is 4.73. The molecule has 2 heterocycles. The Labute approximate surface area is 196 Å².